The molecular formula is C17H24BrClN2. The van der Waals surface area contributed by atoms with Crippen molar-refractivity contribution < 1.29 is 0 Å². The van der Waals surface area contributed by atoms with Gasteiger partial charge < -0.3 is 4.90 Å². The Labute approximate surface area is 141 Å². The highest BCUT2D eigenvalue weighted by atomic mass is 79.9. The second-order valence-corrected chi connectivity index (χ2v) is 7.88. The smallest absolute Gasteiger partial charge is 0.0595 e. The lowest BCUT2D eigenvalue weighted by Crippen LogP contribution is -2.61. The van der Waals surface area contributed by atoms with E-state index in [0.29, 0.717) is 18.0 Å². The summed E-state index contributed by atoms with van der Waals surface area (Å²) in [6.07, 6.45) is 4.07. The molecule has 0 bridgehead atoms. The van der Waals surface area contributed by atoms with Gasteiger partial charge in [-0.15, -0.1) is 0 Å². The predicted octanol–water partition coefficient (Wildman–Crippen LogP) is 4.80. The first-order valence-electron chi connectivity index (χ1n) is 8.02. The molecule has 0 radical (unpaired) electrons. The monoisotopic (exact) mass is 370 g/mol. The lowest BCUT2D eigenvalue weighted by Gasteiger charge is -2.51. The highest BCUT2D eigenvalue weighted by Gasteiger charge is 2.37. The number of rotatable bonds is 2. The summed E-state index contributed by atoms with van der Waals surface area (Å²) >= 11 is 10.0. The lowest BCUT2D eigenvalue weighted by atomic mass is 9.91. The van der Waals surface area contributed by atoms with Gasteiger partial charge in [-0.1, -0.05) is 37.9 Å². The molecule has 2 aliphatic heterocycles. The molecule has 2 atom stereocenters. The lowest BCUT2D eigenvalue weighted by molar-refractivity contribution is 0.100. The van der Waals surface area contributed by atoms with Crippen molar-refractivity contribution in [3.63, 3.8) is 0 Å². The van der Waals surface area contributed by atoms with Gasteiger partial charge in [0.05, 0.1) is 15.2 Å². The Bertz CT molecular complexity index is 506. The van der Waals surface area contributed by atoms with Crippen LogP contribution in [0.1, 0.15) is 33.1 Å². The van der Waals surface area contributed by atoms with Crippen molar-refractivity contribution in [1.82, 2.24) is 4.90 Å². The van der Waals surface area contributed by atoms with Crippen LogP contribution < -0.4 is 4.90 Å². The molecule has 2 aliphatic rings. The molecule has 0 aliphatic carbocycles. The van der Waals surface area contributed by atoms with E-state index in [2.05, 4.69) is 51.7 Å². The molecule has 116 valence electrons. The Morgan fingerprint density at radius 2 is 2.05 bits per heavy atom. The summed E-state index contributed by atoms with van der Waals surface area (Å²) in [6.45, 7) is 8.25. The minimum absolute atomic E-state index is 0.564. The van der Waals surface area contributed by atoms with Crippen molar-refractivity contribution in [2.24, 2.45) is 5.92 Å². The van der Waals surface area contributed by atoms with Crippen molar-refractivity contribution >= 4 is 33.2 Å². The van der Waals surface area contributed by atoms with E-state index in [9.17, 15) is 0 Å². The van der Waals surface area contributed by atoms with Crippen LogP contribution in [0, 0.1) is 5.92 Å². The molecule has 1 aromatic rings. The van der Waals surface area contributed by atoms with E-state index in [-0.39, 0.29) is 0 Å². The zero-order chi connectivity index (χ0) is 15.0. The fourth-order valence-electron chi connectivity index (χ4n) is 3.77. The van der Waals surface area contributed by atoms with E-state index in [1.54, 1.807) is 0 Å². The van der Waals surface area contributed by atoms with Crippen LogP contribution in [-0.4, -0.2) is 36.6 Å². The topological polar surface area (TPSA) is 6.48 Å². The third-order valence-electron chi connectivity index (χ3n) is 4.99. The Kier molecular flexibility index (Phi) is 4.82. The Balaban J connectivity index is 1.92. The number of halogens is 2. The van der Waals surface area contributed by atoms with Gasteiger partial charge in [0.15, 0.2) is 0 Å². The molecule has 1 aromatic carbocycles. The molecule has 2 heterocycles. The first kappa shape index (κ1) is 15.6. The summed E-state index contributed by atoms with van der Waals surface area (Å²) in [5, 5.41) is 0.807. The van der Waals surface area contributed by atoms with Crippen LogP contribution in [0.5, 0.6) is 0 Å². The van der Waals surface area contributed by atoms with Gasteiger partial charge in [-0.25, -0.2) is 0 Å². The van der Waals surface area contributed by atoms with Crippen LogP contribution in [0.2, 0.25) is 5.02 Å². The minimum atomic E-state index is 0.564. The van der Waals surface area contributed by atoms with Gasteiger partial charge in [0.25, 0.3) is 0 Å². The van der Waals surface area contributed by atoms with Crippen molar-refractivity contribution in [3.05, 3.63) is 27.7 Å². The number of anilines is 1. The van der Waals surface area contributed by atoms with Crippen LogP contribution in [0.15, 0.2) is 22.7 Å². The predicted molar refractivity (Wildman–Crippen MR) is 94.3 cm³/mol. The maximum Gasteiger partial charge on any atom is 0.0595 e. The van der Waals surface area contributed by atoms with Crippen LogP contribution in [-0.2, 0) is 0 Å². The molecule has 2 fully saturated rings. The Morgan fingerprint density at radius 3 is 2.81 bits per heavy atom. The Hall–Kier alpha value is -0.250. The molecule has 0 aromatic heterocycles. The van der Waals surface area contributed by atoms with E-state index in [0.717, 1.165) is 16.0 Å². The maximum atomic E-state index is 6.31. The molecule has 0 N–H and O–H groups in total. The summed E-state index contributed by atoms with van der Waals surface area (Å²) in [4.78, 5) is 5.30. The van der Waals surface area contributed by atoms with Gasteiger partial charge in [0.2, 0.25) is 0 Å². The summed E-state index contributed by atoms with van der Waals surface area (Å²) in [5.41, 5.74) is 1.26. The number of hydrogen-bond acceptors (Lipinski definition) is 2. The van der Waals surface area contributed by atoms with Crippen molar-refractivity contribution in [3.8, 4) is 0 Å². The first-order chi connectivity index (χ1) is 10.1. The fourth-order valence-corrected chi connectivity index (χ4v) is 4.43. The average molecular weight is 372 g/mol. The first-order valence-corrected chi connectivity index (χ1v) is 9.19. The minimum Gasteiger partial charge on any atom is -0.364 e. The molecule has 0 amide bonds. The molecule has 3 rings (SSSR count). The van der Waals surface area contributed by atoms with E-state index < -0.39 is 0 Å². The molecule has 21 heavy (non-hydrogen) atoms. The third-order valence-corrected chi connectivity index (χ3v) is 6.37. The van der Waals surface area contributed by atoms with Crippen LogP contribution in [0.3, 0.4) is 0 Å². The standard InChI is InChI=1S/C17H24BrClN2/c1-12(2)16-11-20-9-4-3-6-13(20)10-21(16)15-8-5-7-14(19)17(15)18/h5,7-8,12-13,16H,3-4,6,9-11H2,1-2H3. The summed E-state index contributed by atoms with van der Waals surface area (Å²) < 4.78 is 1.04. The summed E-state index contributed by atoms with van der Waals surface area (Å²) in [7, 11) is 0. The second-order valence-electron chi connectivity index (χ2n) is 6.68. The van der Waals surface area contributed by atoms with Crippen molar-refractivity contribution in [1.29, 1.82) is 0 Å². The molecule has 2 unspecified atom stereocenters. The molecule has 2 saturated heterocycles. The van der Waals surface area contributed by atoms with Gasteiger partial charge >= 0.3 is 0 Å². The largest absolute Gasteiger partial charge is 0.364 e. The number of hydrogen-bond donors (Lipinski definition) is 0. The van der Waals surface area contributed by atoms with E-state index >= 15 is 0 Å². The number of piperidine rings is 1. The number of benzene rings is 1. The van der Waals surface area contributed by atoms with Crippen LogP contribution in [0.4, 0.5) is 5.69 Å². The number of piperazine rings is 1. The SMILES string of the molecule is CC(C)C1CN2CCCCC2CN1c1cccc(Cl)c1Br. The van der Waals surface area contributed by atoms with Crippen LogP contribution >= 0.6 is 27.5 Å². The summed E-state index contributed by atoms with van der Waals surface area (Å²) in [5.74, 6) is 0.638. The van der Waals surface area contributed by atoms with E-state index in [1.165, 1.54) is 38.0 Å². The zero-order valence-electron chi connectivity index (χ0n) is 12.9. The highest BCUT2D eigenvalue weighted by Crippen LogP contribution is 2.37. The van der Waals surface area contributed by atoms with Gasteiger partial charge in [-0.05, 0) is 53.4 Å². The quantitative estimate of drug-likeness (QED) is 0.736. The maximum absolute atomic E-state index is 6.31. The molecule has 4 heteroatoms. The zero-order valence-corrected chi connectivity index (χ0v) is 15.2. The Morgan fingerprint density at radius 1 is 1.24 bits per heavy atom. The summed E-state index contributed by atoms with van der Waals surface area (Å²) in [6, 6.07) is 7.49. The van der Waals surface area contributed by atoms with Crippen LogP contribution in [0.25, 0.3) is 0 Å². The van der Waals surface area contributed by atoms with Gasteiger partial charge in [0, 0.05) is 25.2 Å². The van der Waals surface area contributed by atoms with Gasteiger partial charge in [-0.2, -0.15) is 0 Å². The highest BCUT2D eigenvalue weighted by molar-refractivity contribution is 9.10. The molecule has 0 saturated carbocycles. The average Bonchev–Trinajstić information content (AvgIpc) is 2.48. The van der Waals surface area contributed by atoms with Gasteiger partial charge in [-0.3, -0.25) is 4.90 Å². The van der Waals surface area contributed by atoms with Crippen molar-refractivity contribution in [2.45, 2.75) is 45.2 Å². The van der Waals surface area contributed by atoms with Crippen molar-refractivity contribution in [2.75, 3.05) is 24.5 Å². The second kappa shape index (κ2) is 6.47. The van der Waals surface area contributed by atoms with E-state index in [4.69, 9.17) is 11.6 Å². The molecule has 2 nitrogen and oxygen atoms in total. The number of nitrogens with zero attached hydrogens (tertiary/aromatic N) is 2. The fraction of sp³-hybridized carbons (Fsp3) is 0.647. The third kappa shape index (κ3) is 3.11. The molecule has 0 spiro atoms. The van der Waals surface area contributed by atoms with E-state index in [1.807, 2.05) is 6.07 Å². The normalized spacial score (nSPS) is 27.0. The van der Waals surface area contributed by atoms with Gasteiger partial charge in [0.1, 0.15) is 0 Å². The number of fused-ring (bicyclic) bond motifs is 1. The molecular weight excluding hydrogens is 348 g/mol.